The molecule has 1 saturated heterocycles. The molecule has 1 N–H and O–H groups in total. The van der Waals surface area contributed by atoms with Crippen LogP contribution in [-0.4, -0.2) is 63.6 Å². The van der Waals surface area contributed by atoms with E-state index >= 15 is 0 Å². The van der Waals surface area contributed by atoms with E-state index in [0.717, 1.165) is 38.5 Å². The molecule has 2 aliphatic rings. The van der Waals surface area contributed by atoms with E-state index in [9.17, 15) is 18.0 Å². The van der Waals surface area contributed by atoms with Gasteiger partial charge in [0.2, 0.25) is 10.0 Å². The van der Waals surface area contributed by atoms with Gasteiger partial charge in [-0.05, 0) is 50.8 Å². The quantitative estimate of drug-likeness (QED) is 0.538. The zero-order valence-corrected chi connectivity index (χ0v) is 19.9. The Bertz CT molecular complexity index is 911. The first-order valence-corrected chi connectivity index (χ1v) is 13.1. The Morgan fingerprint density at radius 3 is 2.59 bits per heavy atom. The second-order valence-electron chi connectivity index (χ2n) is 8.18. The van der Waals surface area contributed by atoms with Crippen LogP contribution in [0, 0.1) is 0 Å². The zero-order chi connectivity index (χ0) is 23.1. The van der Waals surface area contributed by atoms with Gasteiger partial charge in [0.1, 0.15) is 4.90 Å². The Hall–Kier alpha value is -1.68. The zero-order valence-electron chi connectivity index (χ0n) is 18.3. The SMILES string of the molecule is CCN(C(=O)COC(=O)c1ccc(Cl)c(S(=O)(=O)NCC2CCCO2)c1)C1CCCCC1. The maximum absolute atomic E-state index is 12.7. The third kappa shape index (κ3) is 6.43. The first-order valence-electron chi connectivity index (χ1n) is 11.2. The summed E-state index contributed by atoms with van der Waals surface area (Å²) in [6.07, 6.45) is 6.80. The highest BCUT2D eigenvalue weighted by molar-refractivity contribution is 7.89. The highest BCUT2D eigenvalue weighted by Crippen LogP contribution is 2.24. The molecule has 1 heterocycles. The fourth-order valence-electron chi connectivity index (χ4n) is 4.25. The van der Waals surface area contributed by atoms with E-state index in [2.05, 4.69) is 4.72 Å². The maximum Gasteiger partial charge on any atom is 0.338 e. The van der Waals surface area contributed by atoms with Crippen LogP contribution in [0.5, 0.6) is 0 Å². The molecular weight excluding hydrogens is 456 g/mol. The first-order chi connectivity index (χ1) is 15.3. The minimum atomic E-state index is -3.94. The van der Waals surface area contributed by atoms with Crippen molar-refractivity contribution in [3.8, 4) is 0 Å². The number of amides is 1. The molecule has 1 aromatic carbocycles. The number of carbonyl (C=O) groups is 2. The molecule has 1 unspecified atom stereocenters. The van der Waals surface area contributed by atoms with Crippen LogP contribution in [0.15, 0.2) is 23.1 Å². The van der Waals surface area contributed by atoms with E-state index in [1.165, 1.54) is 24.6 Å². The van der Waals surface area contributed by atoms with E-state index in [4.69, 9.17) is 21.1 Å². The van der Waals surface area contributed by atoms with Gasteiger partial charge in [-0.1, -0.05) is 30.9 Å². The van der Waals surface area contributed by atoms with Crippen molar-refractivity contribution >= 4 is 33.5 Å². The molecule has 3 rings (SSSR count). The predicted molar refractivity (Wildman–Crippen MR) is 120 cm³/mol. The Balaban J connectivity index is 1.62. The smallest absolute Gasteiger partial charge is 0.338 e. The van der Waals surface area contributed by atoms with Crippen molar-refractivity contribution < 1.29 is 27.5 Å². The molecule has 1 atom stereocenters. The summed E-state index contributed by atoms with van der Waals surface area (Å²) in [6.45, 7) is 2.83. The van der Waals surface area contributed by atoms with Crippen LogP contribution in [0.2, 0.25) is 5.02 Å². The lowest BCUT2D eigenvalue weighted by molar-refractivity contribution is -0.137. The van der Waals surface area contributed by atoms with Crippen LogP contribution < -0.4 is 4.72 Å². The highest BCUT2D eigenvalue weighted by Gasteiger charge is 2.26. The monoisotopic (exact) mass is 486 g/mol. The molecule has 32 heavy (non-hydrogen) atoms. The Labute approximate surface area is 194 Å². The van der Waals surface area contributed by atoms with E-state index in [-0.39, 0.29) is 46.7 Å². The lowest BCUT2D eigenvalue weighted by atomic mass is 9.94. The van der Waals surface area contributed by atoms with Gasteiger partial charge in [0, 0.05) is 25.7 Å². The summed E-state index contributed by atoms with van der Waals surface area (Å²) in [6, 6.07) is 4.07. The Kier molecular flexibility index (Phi) is 8.93. The van der Waals surface area contributed by atoms with Crippen LogP contribution in [-0.2, 0) is 24.3 Å². The number of hydrogen-bond acceptors (Lipinski definition) is 6. The number of halogens is 1. The third-order valence-electron chi connectivity index (χ3n) is 5.98. The van der Waals surface area contributed by atoms with Crippen molar-refractivity contribution in [1.82, 2.24) is 9.62 Å². The Morgan fingerprint density at radius 1 is 1.19 bits per heavy atom. The largest absolute Gasteiger partial charge is 0.452 e. The molecule has 0 bridgehead atoms. The molecule has 2 fully saturated rings. The molecule has 1 aromatic rings. The molecule has 0 spiro atoms. The third-order valence-corrected chi connectivity index (χ3v) is 7.89. The number of benzene rings is 1. The summed E-state index contributed by atoms with van der Waals surface area (Å²) < 4.78 is 38.5. The van der Waals surface area contributed by atoms with Gasteiger partial charge in [0.15, 0.2) is 6.61 Å². The van der Waals surface area contributed by atoms with Crippen molar-refractivity contribution in [1.29, 1.82) is 0 Å². The predicted octanol–water partition coefficient (Wildman–Crippen LogP) is 3.14. The van der Waals surface area contributed by atoms with Crippen molar-refractivity contribution in [2.24, 2.45) is 0 Å². The van der Waals surface area contributed by atoms with E-state index < -0.39 is 16.0 Å². The summed E-state index contributed by atoms with van der Waals surface area (Å²) in [5, 5.41) is -0.00748. The fraction of sp³-hybridized carbons (Fsp3) is 0.636. The molecule has 0 radical (unpaired) electrons. The molecule has 1 aliphatic heterocycles. The summed E-state index contributed by atoms with van der Waals surface area (Å²) in [5.41, 5.74) is 0.0143. The molecule has 1 amide bonds. The molecule has 178 valence electrons. The van der Waals surface area contributed by atoms with Gasteiger partial charge in [0.05, 0.1) is 16.7 Å². The van der Waals surface area contributed by atoms with Gasteiger partial charge in [0.25, 0.3) is 5.91 Å². The van der Waals surface area contributed by atoms with Crippen molar-refractivity contribution in [3.63, 3.8) is 0 Å². The van der Waals surface area contributed by atoms with Crippen LogP contribution >= 0.6 is 11.6 Å². The summed E-state index contributed by atoms with van der Waals surface area (Å²) >= 11 is 6.09. The second kappa shape index (κ2) is 11.4. The number of esters is 1. The van der Waals surface area contributed by atoms with E-state index in [1.807, 2.05) is 6.92 Å². The van der Waals surface area contributed by atoms with Crippen molar-refractivity contribution in [2.75, 3.05) is 26.3 Å². The van der Waals surface area contributed by atoms with Gasteiger partial charge >= 0.3 is 5.97 Å². The van der Waals surface area contributed by atoms with Gasteiger partial charge in [-0.15, -0.1) is 0 Å². The van der Waals surface area contributed by atoms with Gasteiger partial charge in [-0.3, -0.25) is 4.79 Å². The van der Waals surface area contributed by atoms with Crippen molar-refractivity contribution in [3.05, 3.63) is 28.8 Å². The number of ether oxygens (including phenoxy) is 2. The van der Waals surface area contributed by atoms with Crippen molar-refractivity contribution in [2.45, 2.75) is 68.9 Å². The first kappa shape index (κ1) is 25.0. The number of sulfonamides is 1. The number of rotatable bonds is 9. The minimum absolute atomic E-state index is 0.00748. The number of hydrogen-bond donors (Lipinski definition) is 1. The van der Waals surface area contributed by atoms with Crippen LogP contribution in [0.4, 0.5) is 0 Å². The number of nitrogens with zero attached hydrogens (tertiary/aromatic N) is 1. The number of likely N-dealkylation sites (N-methyl/N-ethyl adjacent to an activating group) is 1. The molecule has 1 saturated carbocycles. The van der Waals surface area contributed by atoms with Crippen LogP contribution in [0.25, 0.3) is 0 Å². The molecule has 1 aliphatic carbocycles. The van der Waals surface area contributed by atoms with Gasteiger partial charge in [-0.25, -0.2) is 17.9 Å². The van der Waals surface area contributed by atoms with Gasteiger partial charge in [-0.2, -0.15) is 0 Å². The molecular formula is C22H31ClN2O6S. The standard InChI is InChI=1S/C22H31ClN2O6S/c1-2-25(17-7-4-3-5-8-17)21(26)15-31-22(27)16-10-11-19(23)20(13-16)32(28,29)24-14-18-9-6-12-30-18/h10-11,13,17-18,24H,2-9,12,14-15H2,1H3. The topological polar surface area (TPSA) is 102 Å². The molecule has 8 nitrogen and oxygen atoms in total. The van der Waals surface area contributed by atoms with E-state index in [0.29, 0.717) is 13.2 Å². The summed E-state index contributed by atoms with van der Waals surface area (Å²) in [4.78, 5) is 26.7. The van der Waals surface area contributed by atoms with E-state index in [1.54, 1.807) is 4.90 Å². The van der Waals surface area contributed by atoms with Crippen LogP contribution in [0.1, 0.15) is 62.2 Å². The summed E-state index contributed by atoms with van der Waals surface area (Å²) in [7, 11) is -3.94. The van der Waals surface area contributed by atoms with Crippen LogP contribution in [0.3, 0.4) is 0 Å². The maximum atomic E-state index is 12.7. The highest BCUT2D eigenvalue weighted by atomic mass is 35.5. The minimum Gasteiger partial charge on any atom is -0.452 e. The Morgan fingerprint density at radius 2 is 1.94 bits per heavy atom. The summed E-state index contributed by atoms with van der Waals surface area (Å²) in [5.74, 6) is -1.02. The fourth-order valence-corrected chi connectivity index (χ4v) is 5.84. The lowest BCUT2D eigenvalue weighted by Crippen LogP contribution is -2.43. The number of carbonyl (C=O) groups excluding carboxylic acids is 2. The normalized spacial score (nSPS) is 19.6. The number of nitrogens with one attached hydrogen (secondary N) is 1. The average molecular weight is 487 g/mol. The average Bonchev–Trinajstić information content (AvgIpc) is 3.31. The molecule has 10 heteroatoms. The molecule has 0 aromatic heterocycles. The second-order valence-corrected chi connectivity index (χ2v) is 10.3. The lowest BCUT2D eigenvalue weighted by Gasteiger charge is -2.33. The van der Waals surface area contributed by atoms with Gasteiger partial charge < -0.3 is 14.4 Å².